The smallest absolute Gasteiger partial charge is 0.289 e. The summed E-state index contributed by atoms with van der Waals surface area (Å²) < 4.78 is 24.6. The minimum atomic E-state index is -0.144. The first kappa shape index (κ1) is 20.3. The van der Waals surface area contributed by atoms with E-state index in [0.29, 0.717) is 50.2 Å². The number of furan rings is 1. The van der Waals surface area contributed by atoms with Crippen LogP contribution in [0.2, 0.25) is 0 Å². The van der Waals surface area contributed by atoms with Crippen molar-refractivity contribution in [2.45, 2.75) is 19.1 Å². The Labute approximate surface area is 195 Å². The molecular formula is C26H23NO5S. The summed E-state index contributed by atoms with van der Waals surface area (Å²) in [6.07, 6.45) is 2.37. The number of carbonyl (C=O) groups is 1. The first-order valence-corrected chi connectivity index (χ1v) is 12.0. The van der Waals surface area contributed by atoms with Crippen molar-refractivity contribution in [3.8, 4) is 22.6 Å². The van der Waals surface area contributed by atoms with Crippen LogP contribution < -0.4 is 9.47 Å². The van der Waals surface area contributed by atoms with Gasteiger partial charge < -0.3 is 23.5 Å². The molecule has 0 saturated carbocycles. The summed E-state index contributed by atoms with van der Waals surface area (Å²) in [5.41, 5.74) is 3.13. The number of ether oxygens (including phenoxy) is 3. The van der Waals surface area contributed by atoms with E-state index in [-0.39, 0.29) is 12.0 Å². The average molecular weight is 462 g/mol. The highest BCUT2D eigenvalue weighted by atomic mass is 32.1. The summed E-state index contributed by atoms with van der Waals surface area (Å²) in [5.74, 6) is 1.60. The molecule has 4 heterocycles. The first-order chi connectivity index (χ1) is 16.3. The van der Waals surface area contributed by atoms with Crippen LogP contribution in [0.5, 0.6) is 11.5 Å². The van der Waals surface area contributed by atoms with Gasteiger partial charge in [0.25, 0.3) is 5.91 Å². The number of amides is 1. The molecule has 1 fully saturated rings. The molecule has 1 saturated heterocycles. The van der Waals surface area contributed by atoms with Crippen LogP contribution in [-0.2, 0) is 11.3 Å². The highest BCUT2D eigenvalue weighted by molar-refractivity contribution is 7.17. The third-order valence-electron chi connectivity index (χ3n) is 6.09. The Morgan fingerprint density at radius 2 is 2.06 bits per heavy atom. The molecule has 2 aliphatic heterocycles. The van der Waals surface area contributed by atoms with Gasteiger partial charge in [-0.25, -0.2) is 0 Å². The van der Waals surface area contributed by atoms with Crippen LogP contribution in [0.4, 0.5) is 0 Å². The normalized spacial score (nSPS) is 18.1. The van der Waals surface area contributed by atoms with Crippen molar-refractivity contribution in [3.05, 3.63) is 71.5 Å². The Bertz CT molecular complexity index is 1290. The summed E-state index contributed by atoms with van der Waals surface area (Å²) in [7, 11) is 0. The second kappa shape index (κ2) is 8.57. The number of nitrogens with zero attached hydrogens (tertiary/aromatic N) is 1. The van der Waals surface area contributed by atoms with E-state index in [9.17, 15) is 4.79 Å². The maximum Gasteiger partial charge on any atom is 0.289 e. The molecule has 2 aromatic carbocycles. The standard InChI is InChI=1S/C26H23NO5S/c28-26(22-5-3-9-30-22)27-8-11-31-25-18(14-27)12-17(13-23(25)32-19-7-10-29-15-19)21-16-33-24-6-2-1-4-20(21)24/h1-6,9,12-13,16,19H,7-8,10-11,14-15H2. The molecule has 0 spiro atoms. The Kier molecular flexibility index (Phi) is 5.28. The fraction of sp³-hybridized carbons (Fsp3) is 0.269. The molecule has 7 heteroatoms. The third kappa shape index (κ3) is 3.87. The number of fused-ring (bicyclic) bond motifs is 2. The van der Waals surface area contributed by atoms with E-state index in [1.165, 1.54) is 16.3 Å². The fourth-order valence-corrected chi connectivity index (χ4v) is 5.41. The van der Waals surface area contributed by atoms with E-state index in [2.05, 4.69) is 41.8 Å². The predicted molar refractivity (Wildman–Crippen MR) is 126 cm³/mol. The van der Waals surface area contributed by atoms with Crippen LogP contribution in [0.25, 0.3) is 21.2 Å². The van der Waals surface area contributed by atoms with Crippen LogP contribution in [0.15, 0.2) is 64.6 Å². The Morgan fingerprint density at radius 3 is 2.91 bits per heavy atom. The van der Waals surface area contributed by atoms with E-state index in [1.54, 1.807) is 28.4 Å². The van der Waals surface area contributed by atoms with E-state index >= 15 is 0 Å². The van der Waals surface area contributed by atoms with Crippen LogP contribution in [0.1, 0.15) is 22.5 Å². The molecular weight excluding hydrogens is 438 g/mol. The highest BCUT2D eigenvalue weighted by Gasteiger charge is 2.27. The monoisotopic (exact) mass is 461 g/mol. The van der Waals surface area contributed by atoms with E-state index in [0.717, 1.165) is 23.1 Å². The molecule has 2 aromatic heterocycles. The summed E-state index contributed by atoms with van der Waals surface area (Å²) in [6.45, 7) is 2.55. The molecule has 0 N–H and O–H groups in total. The summed E-state index contributed by atoms with van der Waals surface area (Å²) in [4.78, 5) is 14.8. The number of carbonyl (C=O) groups excluding carboxylic acids is 1. The van der Waals surface area contributed by atoms with Gasteiger partial charge in [0.05, 0.1) is 32.6 Å². The predicted octanol–water partition coefficient (Wildman–Crippen LogP) is 5.36. The van der Waals surface area contributed by atoms with Crippen LogP contribution in [0, 0.1) is 0 Å². The topological polar surface area (TPSA) is 61.1 Å². The van der Waals surface area contributed by atoms with Crippen LogP contribution in [0.3, 0.4) is 0 Å². The minimum absolute atomic E-state index is 0.00345. The maximum absolute atomic E-state index is 13.0. The lowest BCUT2D eigenvalue weighted by Gasteiger charge is -2.20. The largest absolute Gasteiger partial charge is 0.487 e. The van der Waals surface area contributed by atoms with Gasteiger partial charge in [0.1, 0.15) is 12.7 Å². The van der Waals surface area contributed by atoms with Crippen LogP contribution in [-0.4, -0.2) is 43.3 Å². The Morgan fingerprint density at radius 1 is 1.12 bits per heavy atom. The van der Waals surface area contributed by atoms with Gasteiger partial charge in [-0.3, -0.25) is 4.79 Å². The van der Waals surface area contributed by atoms with Crippen molar-refractivity contribution in [3.63, 3.8) is 0 Å². The molecule has 1 atom stereocenters. The van der Waals surface area contributed by atoms with Gasteiger partial charge in [-0.2, -0.15) is 0 Å². The lowest BCUT2D eigenvalue weighted by Crippen LogP contribution is -2.32. The zero-order valence-electron chi connectivity index (χ0n) is 18.0. The van der Waals surface area contributed by atoms with Gasteiger partial charge in [0.15, 0.2) is 17.3 Å². The molecule has 0 radical (unpaired) electrons. The fourth-order valence-electron chi connectivity index (χ4n) is 4.44. The molecule has 6 nitrogen and oxygen atoms in total. The molecule has 4 aromatic rings. The van der Waals surface area contributed by atoms with Gasteiger partial charge >= 0.3 is 0 Å². The van der Waals surface area contributed by atoms with E-state index in [4.69, 9.17) is 18.6 Å². The van der Waals surface area contributed by atoms with Gasteiger partial charge in [-0.1, -0.05) is 18.2 Å². The quantitative estimate of drug-likeness (QED) is 0.409. The lowest BCUT2D eigenvalue weighted by atomic mass is 10.0. The molecule has 1 amide bonds. The van der Waals surface area contributed by atoms with Gasteiger partial charge in [0.2, 0.25) is 0 Å². The number of hydrogen-bond donors (Lipinski definition) is 0. The summed E-state index contributed by atoms with van der Waals surface area (Å²) in [6, 6.07) is 16.0. The second-order valence-corrected chi connectivity index (χ2v) is 9.18. The van der Waals surface area contributed by atoms with Crippen molar-refractivity contribution >= 4 is 27.3 Å². The molecule has 2 aliphatic rings. The zero-order chi connectivity index (χ0) is 22.2. The minimum Gasteiger partial charge on any atom is -0.487 e. The van der Waals surface area contributed by atoms with Crippen molar-refractivity contribution in [1.29, 1.82) is 0 Å². The van der Waals surface area contributed by atoms with Crippen molar-refractivity contribution < 1.29 is 23.4 Å². The van der Waals surface area contributed by atoms with Gasteiger partial charge in [-0.05, 0) is 41.3 Å². The number of thiophene rings is 1. The first-order valence-electron chi connectivity index (χ1n) is 11.1. The number of rotatable bonds is 4. The zero-order valence-corrected chi connectivity index (χ0v) is 18.8. The SMILES string of the molecule is O=C(c1ccco1)N1CCOc2c(cc(-c3csc4ccccc34)cc2OC2CCOC2)C1. The summed E-state index contributed by atoms with van der Waals surface area (Å²) in [5, 5.41) is 3.38. The van der Waals surface area contributed by atoms with Gasteiger partial charge in [0, 0.05) is 27.6 Å². The Hall–Kier alpha value is -3.29. The Balaban J connectivity index is 1.43. The lowest BCUT2D eigenvalue weighted by molar-refractivity contribution is 0.0700. The molecule has 168 valence electrons. The number of benzene rings is 2. The molecule has 0 aliphatic carbocycles. The van der Waals surface area contributed by atoms with E-state index in [1.807, 2.05) is 0 Å². The summed E-state index contributed by atoms with van der Waals surface area (Å²) >= 11 is 1.72. The van der Waals surface area contributed by atoms with Crippen molar-refractivity contribution in [2.75, 3.05) is 26.4 Å². The average Bonchev–Trinajstić information content (AvgIpc) is 3.59. The second-order valence-electron chi connectivity index (χ2n) is 8.26. The van der Waals surface area contributed by atoms with Gasteiger partial charge in [-0.15, -0.1) is 11.3 Å². The molecule has 33 heavy (non-hydrogen) atoms. The highest BCUT2D eigenvalue weighted by Crippen LogP contribution is 2.42. The maximum atomic E-state index is 13.0. The third-order valence-corrected chi connectivity index (χ3v) is 7.06. The molecule has 0 bridgehead atoms. The van der Waals surface area contributed by atoms with Crippen molar-refractivity contribution in [2.24, 2.45) is 0 Å². The van der Waals surface area contributed by atoms with Crippen molar-refractivity contribution in [1.82, 2.24) is 4.90 Å². The number of hydrogen-bond acceptors (Lipinski definition) is 6. The molecule has 1 unspecified atom stereocenters. The van der Waals surface area contributed by atoms with E-state index < -0.39 is 0 Å². The van der Waals surface area contributed by atoms with Crippen LogP contribution >= 0.6 is 11.3 Å². The molecule has 6 rings (SSSR count).